The third-order valence-electron chi connectivity index (χ3n) is 2.22. The summed E-state index contributed by atoms with van der Waals surface area (Å²) in [4.78, 5) is 0. The number of aliphatic hydroxyl groups excluding tert-OH is 1. The van der Waals surface area contributed by atoms with Gasteiger partial charge in [-0.2, -0.15) is 0 Å². The van der Waals surface area contributed by atoms with Crippen molar-refractivity contribution in [2.24, 2.45) is 0 Å². The fraction of sp³-hybridized carbons (Fsp3) is 0.333. The number of aryl methyl sites for hydroxylation is 1. The molecule has 1 aromatic rings. The second-order valence-corrected chi connectivity index (χ2v) is 3.39. The van der Waals surface area contributed by atoms with Crippen molar-refractivity contribution >= 4 is 5.76 Å². The van der Waals surface area contributed by atoms with Crippen LogP contribution in [0.3, 0.4) is 0 Å². The summed E-state index contributed by atoms with van der Waals surface area (Å²) in [6.07, 6.45) is 3.04. The van der Waals surface area contributed by atoms with E-state index in [9.17, 15) is 5.11 Å². The summed E-state index contributed by atoms with van der Waals surface area (Å²) in [6.45, 7) is 5.51. The summed E-state index contributed by atoms with van der Waals surface area (Å²) in [6, 6.07) is 5.15. The highest BCUT2D eigenvalue weighted by Crippen LogP contribution is 2.23. The first kappa shape index (κ1) is 10.6. The SMILES string of the molecule is C=C(O)c1ccc(CCCC)c(O)c1. The molecular weight excluding hydrogens is 176 g/mol. The summed E-state index contributed by atoms with van der Waals surface area (Å²) < 4.78 is 0. The van der Waals surface area contributed by atoms with Crippen LogP contribution in [-0.4, -0.2) is 10.2 Å². The number of hydrogen-bond donors (Lipinski definition) is 2. The maximum atomic E-state index is 9.61. The van der Waals surface area contributed by atoms with Gasteiger partial charge in [-0.25, -0.2) is 0 Å². The maximum Gasteiger partial charge on any atom is 0.119 e. The Kier molecular flexibility index (Phi) is 3.57. The van der Waals surface area contributed by atoms with Gasteiger partial charge in [-0.05, 0) is 24.5 Å². The van der Waals surface area contributed by atoms with Crippen molar-refractivity contribution in [1.82, 2.24) is 0 Å². The van der Waals surface area contributed by atoms with Crippen molar-refractivity contribution in [3.8, 4) is 5.75 Å². The molecule has 0 unspecified atom stereocenters. The van der Waals surface area contributed by atoms with Gasteiger partial charge in [-0.3, -0.25) is 0 Å². The monoisotopic (exact) mass is 192 g/mol. The molecule has 0 aromatic heterocycles. The van der Waals surface area contributed by atoms with Crippen LogP contribution in [0.25, 0.3) is 5.76 Å². The number of benzene rings is 1. The molecule has 0 aliphatic carbocycles. The van der Waals surface area contributed by atoms with Crippen LogP contribution in [0.1, 0.15) is 30.9 Å². The highest BCUT2D eigenvalue weighted by Gasteiger charge is 2.03. The molecule has 2 nitrogen and oxygen atoms in total. The highest BCUT2D eigenvalue weighted by molar-refractivity contribution is 5.58. The number of phenolic OH excluding ortho intramolecular Hbond substituents is 1. The largest absolute Gasteiger partial charge is 0.508 e. The lowest BCUT2D eigenvalue weighted by atomic mass is 10.0. The molecule has 0 heterocycles. The van der Waals surface area contributed by atoms with Gasteiger partial charge in [-0.1, -0.05) is 32.1 Å². The average molecular weight is 192 g/mol. The Labute approximate surface area is 84.5 Å². The molecule has 0 radical (unpaired) electrons. The Hall–Kier alpha value is -1.44. The maximum absolute atomic E-state index is 9.61. The lowest BCUT2D eigenvalue weighted by Crippen LogP contribution is -1.88. The van der Waals surface area contributed by atoms with Gasteiger partial charge in [0.1, 0.15) is 11.5 Å². The molecule has 1 rings (SSSR count). The van der Waals surface area contributed by atoms with Gasteiger partial charge in [0.05, 0.1) is 0 Å². The minimum absolute atomic E-state index is 0.0117. The van der Waals surface area contributed by atoms with Crippen molar-refractivity contribution < 1.29 is 10.2 Å². The van der Waals surface area contributed by atoms with E-state index in [-0.39, 0.29) is 11.5 Å². The van der Waals surface area contributed by atoms with E-state index < -0.39 is 0 Å². The first-order valence-electron chi connectivity index (χ1n) is 4.85. The van der Waals surface area contributed by atoms with Crippen LogP contribution in [0.15, 0.2) is 24.8 Å². The lowest BCUT2D eigenvalue weighted by Gasteiger charge is -2.05. The van der Waals surface area contributed by atoms with E-state index in [0.29, 0.717) is 5.56 Å². The first-order valence-corrected chi connectivity index (χ1v) is 4.85. The molecule has 0 bridgehead atoms. The molecule has 0 fully saturated rings. The second-order valence-electron chi connectivity index (χ2n) is 3.39. The Bertz CT molecular complexity index is 329. The second kappa shape index (κ2) is 4.70. The van der Waals surface area contributed by atoms with Crippen LogP contribution in [0, 0.1) is 0 Å². The third kappa shape index (κ3) is 2.52. The van der Waals surface area contributed by atoms with E-state index in [1.165, 1.54) is 0 Å². The molecule has 0 saturated carbocycles. The van der Waals surface area contributed by atoms with E-state index in [0.717, 1.165) is 24.8 Å². The van der Waals surface area contributed by atoms with Crippen molar-refractivity contribution in [2.75, 3.05) is 0 Å². The zero-order chi connectivity index (χ0) is 10.6. The fourth-order valence-corrected chi connectivity index (χ4v) is 1.32. The molecule has 1 aromatic carbocycles. The van der Waals surface area contributed by atoms with Crippen molar-refractivity contribution in [2.45, 2.75) is 26.2 Å². The molecule has 76 valence electrons. The highest BCUT2D eigenvalue weighted by atomic mass is 16.3. The van der Waals surface area contributed by atoms with Crippen LogP contribution >= 0.6 is 0 Å². The summed E-state index contributed by atoms with van der Waals surface area (Å²) in [5, 5.41) is 18.7. The van der Waals surface area contributed by atoms with Gasteiger partial charge < -0.3 is 10.2 Å². The van der Waals surface area contributed by atoms with Gasteiger partial charge >= 0.3 is 0 Å². The number of unbranched alkanes of at least 4 members (excludes halogenated alkanes) is 1. The summed E-state index contributed by atoms with van der Waals surface area (Å²) in [5.41, 5.74) is 1.50. The smallest absolute Gasteiger partial charge is 0.119 e. The third-order valence-corrected chi connectivity index (χ3v) is 2.22. The molecule has 0 aliphatic heterocycles. The molecular formula is C12H16O2. The molecule has 0 atom stereocenters. The summed E-state index contributed by atoms with van der Waals surface area (Å²) in [5.74, 6) is 0.230. The first-order chi connectivity index (χ1) is 6.65. The van der Waals surface area contributed by atoms with Crippen LogP contribution in [-0.2, 0) is 6.42 Å². The summed E-state index contributed by atoms with van der Waals surface area (Å²) in [7, 11) is 0. The van der Waals surface area contributed by atoms with E-state index in [4.69, 9.17) is 5.11 Å². The topological polar surface area (TPSA) is 40.5 Å². The van der Waals surface area contributed by atoms with Gasteiger partial charge in [0.15, 0.2) is 0 Å². The predicted molar refractivity (Wildman–Crippen MR) is 58.4 cm³/mol. The molecule has 0 saturated heterocycles. The normalized spacial score (nSPS) is 10.1. The quantitative estimate of drug-likeness (QED) is 0.719. The van der Waals surface area contributed by atoms with E-state index in [2.05, 4.69) is 13.5 Å². The predicted octanol–water partition coefficient (Wildman–Crippen LogP) is 3.26. The molecule has 0 spiro atoms. The fourth-order valence-electron chi connectivity index (χ4n) is 1.32. The Morgan fingerprint density at radius 2 is 2.14 bits per heavy atom. The van der Waals surface area contributed by atoms with Crippen molar-refractivity contribution in [1.29, 1.82) is 0 Å². The van der Waals surface area contributed by atoms with E-state index in [1.54, 1.807) is 12.1 Å². The van der Waals surface area contributed by atoms with Gasteiger partial charge in [0.2, 0.25) is 0 Å². The van der Waals surface area contributed by atoms with Gasteiger partial charge in [0.25, 0.3) is 0 Å². The minimum atomic E-state index is -0.0117. The number of rotatable bonds is 4. The standard InChI is InChI=1S/C12H16O2/c1-3-4-5-10-6-7-11(9(2)13)8-12(10)14/h6-8,13-14H,2-5H2,1H3. The van der Waals surface area contributed by atoms with Crippen molar-refractivity contribution in [3.63, 3.8) is 0 Å². The zero-order valence-electron chi connectivity index (χ0n) is 8.45. The van der Waals surface area contributed by atoms with E-state index >= 15 is 0 Å². The summed E-state index contributed by atoms with van der Waals surface area (Å²) >= 11 is 0. The number of aromatic hydroxyl groups is 1. The van der Waals surface area contributed by atoms with Crippen LogP contribution < -0.4 is 0 Å². The molecule has 2 heteroatoms. The number of phenols is 1. The molecule has 2 N–H and O–H groups in total. The van der Waals surface area contributed by atoms with Crippen LogP contribution in [0.4, 0.5) is 0 Å². The van der Waals surface area contributed by atoms with Crippen molar-refractivity contribution in [3.05, 3.63) is 35.9 Å². The van der Waals surface area contributed by atoms with Gasteiger partial charge in [-0.15, -0.1) is 0 Å². The van der Waals surface area contributed by atoms with Crippen LogP contribution in [0.5, 0.6) is 5.75 Å². The number of hydrogen-bond acceptors (Lipinski definition) is 2. The van der Waals surface area contributed by atoms with Gasteiger partial charge in [0, 0.05) is 5.56 Å². The van der Waals surface area contributed by atoms with Crippen LogP contribution in [0.2, 0.25) is 0 Å². The van der Waals surface area contributed by atoms with E-state index in [1.807, 2.05) is 6.07 Å². The zero-order valence-corrected chi connectivity index (χ0v) is 8.45. The lowest BCUT2D eigenvalue weighted by molar-refractivity contribution is 0.465. The molecule has 14 heavy (non-hydrogen) atoms. The minimum Gasteiger partial charge on any atom is -0.508 e. The Morgan fingerprint density at radius 3 is 2.64 bits per heavy atom. The molecule has 0 aliphatic rings. The molecule has 0 amide bonds. The average Bonchev–Trinajstić information content (AvgIpc) is 2.15. The Balaban J connectivity index is 2.84. The Morgan fingerprint density at radius 1 is 1.43 bits per heavy atom. The number of aliphatic hydroxyl groups is 1.